The molecule has 1 unspecified atom stereocenters. The second-order valence-corrected chi connectivity index (χ2v) is 7.90. The van der Waals surface area contributed by atoms with Crippen LogP contribution in [0, 0.1) is 0 Å². The topological polar surface area (TPSA) is 50.8 Å². The van der Waals surface area contributed by atoms with Crippen molar-refractivity contribution >= 4 is 22.4 Å². The first-order valence-corrected chi connectivity index (χ1v) is 10.5. The summed E-state index contributed by atoms with van der Waals surface area (Å²) in [7, 11) is 2.14. The summed E-state index contributed by atoms with van der Waals surface area (Å²) in [6.45, 7) is 3.88. The van der Waals surface area contributed by atoms with E-state index in [0.29, 0.717) is 5.75 Å². The highest BCUT2D eigenvalue weighted by Gasteiger charge is 2.18. The number of carbonyl (C=O) groups excluding carboxylic acids is 1. The van der Waals surface area contributed by atoms with Crippen LogP contribution in [-0.4, -0.2) is 43.2 Å². The van der Waals surface area contributed by atoms with Gasteiger partial charge in [0.25, 0.3) is 5.91 Å². The molecule has 1 aliphatic heterocycles. The Morgan fingerprint density at radius 3 is 2.37 bits per heavy atom. The smallest absolute Gasteiger partial charge is 0.265 e. The zero-order valence-electron chi connectivity index (χ0n) is 17.5. The van der Waals surface area contributed by atoms with E-state index < -0.39 is 6.10 Å². The van der Waals surface area contributed by atoms with E-state index in [-0.39, 0.29) is 12.0 Å². The summed E-state index contributed by atoms with van der Waals surface area (Å²) in [5.41, 5.74) is 0.727. The minimum absolute atomic E-state index is 0.188. The number of rotatable bonds is 6. The van der Waals surface area contributed by atoms with Crippen molar-refractivity contribution in [2.45, 2.75) is 32.0 Å². The molecule has 3 aromatic rings. The SMILES string of the molecule is CC(Oc1ccc2ccccc2c1)C(=O)Nc1ccc(OC2CCN(C)CC2)cc1. The summed E-state index contributed by atoms with van der Waals surface area (Å²) in [5, 5.41) is 5.14. The Kier molecular flexibility index (Phi) is 6.19. The van der Waals surface area contributed by atoms with Gasteiger partial charge in [-0.05, 0) is 74.0 Å². The Morgan fingerprint density at radius 2 is 1.63 bits per heavy atom. The summed E-state index contributed by atoms with van der Waals surface area (Å²) in [4.78, 5) is 14.9. The average Bonchev–Trinajstić information content (AvgIpc) is 2.76. The molecule has 0 spiro atoms. The van der Waals surface area contributed by atoms with Crippen LogP contribution in [0.1, 0.15) is 19.8 Å². The summed E-state index contributed by atoms with van der Waals surface area (Å²) in [5.74, 6) is 1.33. The third-order valence-corrected chi connectivity index (χ3v) is 5.49. The summed E-state index contributed by atoms with van der Waals surface area (Å²) >= 11 is 0. The van der Waals surface area contributed by atoms with Crippen LogP contribution in [0.3, 0.4) is 0 Å². The first-order valence-electron chi connectivity index (χ1n) is 10.5. The van der Waals surface area contributed by atoms with Gasteiger partial charge in [-0.2, -0.15) is 0 Å². The fraction of sp³-hybridized carbons (Fsp3) is 0.320. The molecule has 0 aromatic heterocycles. The van der Waals surface area contributed by atoms with Crippen molar-refractivity contribution < 1.29 is 14.3 Å². The Hall–Kier alpha value is -3.05. The lowest BCUT2D eigenvalue weighted by Gasteiger charge is -2.29. The van der Waals surface area contributed by atoms with E-state index in [1.807, 2.05) is 60.7 Å². The fourth-order valence-corrected chi connectivity index (χ4v) is 3.65. The molecular formula is C25H28N2O3. The number of fused-ring (bicyclic) bond motifs is 1. The average molecular weight is 405 g/mol. The van der Waals surface area contributed by atoms with E-state index in [1.165, 1.54) is 0 Å². The van der Waals surface area contributed by atoms with Gasteiger partial charge in [-0.3, -0.25) is 4.79 Å². The van der Waals surface area contributed by atoms with E-state index >= 15 is 0 Å². The van der Waals surface area contributed by atoms with Gasteiger partial charge in [0, 0.05) is 18.8 Å². The van der Waals surface area contributed by atoms with E-state index in [0.717, 1.165) is 48.1 Å². The van der Waals surface area contributed by atoms with Crippen molar-refractivity contribution in [2.75, 3.05) is 25.5 Å². The number of nitrogens with one attached hydrogen (secondary N) is 1. The highest BCUT2D eigenvalue weighted by molar-refractivity contribution is 5.94. The minimum Gasteiger partial charge on any atom is -0.490 e. The number of ether oxygens (including phenoxy) is 2. The molecular weight excluding hydrogens is 376 g/mol. The van der Waals surface area contributed by atoms with E-state index in [4.69, 9.17) is 9.47 Å². The molecule has 1 heterocycles. The largest absolute Gasteiger partial charge is 0.490 e. The van der Waals surface area contributed by atoms with Gasteiger partial charge < -0.3 is 19.7 Å². The van der Waals surface area contributed by atoms with Gasteiger partial charge in [0.2, 0.25) is 0 Å². The summed E-state index contributed by atoms with van der Waals surface area (Å²) < 4.78 is 11.9. The van der Waals surface area contributed by atoms with Crippen LogP contribution >= 0.6 is 0 Å². The van der Waals surface area contributed by atoms with Crippen molar-refractivity contribution in [1.29, 1.82) is 0 Å². The van der Waals surface area contributed by atoms with Crippen LogP contribution in [-0.2, 0) is 4.79 Å². The molecule has 30 heavy (non-hydrogen) atoms. The quantitative estimate of drug-likeness (QED) is 0.646. The van der Waals surface area contributed by atoms with Crippen molar-refractivity contribution in [3.63, 3.8) is 0 Å². The van der Waals surface area contributed by atoms with Gasteiger partial charge in [-0.25, -0.2) is 0 Å². The predicted molar refractivity (Wildman–Crippen MR) is 120 cm³/mol. The second kappa shape index (κ2) is 9.18. The van der Waals surface area contributed by atoms with Gasteiger partial charge in [0.05, 0.1) is 0 Å². The number of piperidine rings is 1. The Labute approximate surface area is 177 Å². The highest BCUT2D eigenvalue weighted by atomic mass is 16.5. The third kappa shape index (κ3) is 5.10. The molecule has 0 radical (unpaired) electrons. The van der Waals surface area contributed by atoms with Crippen LogP contribution in [0.2, 0.25) is 0 Å². The molecule has 0 saturated carbocycles. The molecule has 1 atom stereocenters. The van der Waals surface area contributed by atoms with Crippen molar-refractivity contribution in [2.24, 2.45) is 0 Å². The van der Waals surface area contributed by atoms with Gasteiger partial charge in [0.15, 0.2) is 6.10 Å². The molecule has 1 saturated heterocycles. The summed E-state index contributed by atoms with van der Waals surface area (Å²) in [6.07, 6.45) is 1.73. The normalized spacial score (nSPS) is 16.2. The first-order chi connectivity index (χ1) is 14.6. The number of anilines is 1. The minimum atomic E-state index is -0.610. The van der Waals surface area contributed by atoms with Gasteiger partial charge in [-0.15, -0.1) is 0 Å². The maximum atomic E-state index is 12.5. The lowest BCUT2D eigenvalue weighted by Crippen LogP contribution is -2.35. The third-order valence-electron chi connectivity index (χ3n) is 5.49. The maximum Gasteiger partial charge on any atom is 0.265 e. The molecule has 1 N–H and O–H groups in total. The van der Waals surface area contributed by atoms with Crippen molar-refractivity contribution in [3.8, 4) is 11.5 Å². The zero-order chi connectivity index (χ0) is 20.9. The number of likely N-dealkylation sites (tertiary alicyclic amines) is 1. The van der Waals surface area contributed by atoms with Gasteiger partial charge in [-0.1, -0.05) is 30.3 Å². The molecule has 1 amide bonds. The predicted octanol–water partition coefficient (Wildman–Crippen LogP) is 4.72. The first kappa shape index (κ1) is 20.2. The number of nitrogens with zero attached hydrogens (tertiary/aromatic N) is 1. The number of amides is 1. The van der Waals surface area contributed by atoms with E-state index in [1.54, 1.807) is 6.92 Å². The van der Waals surface area contributed by atoms with Crippen LogP contribution in [0.4, 0.5) is 5.69 Å². The molecule has 0 bridgehead atoms. The number of hydrogen-bond acceptors (Lipinski definition) is 4. The van der Waals surface area contributed by atoms with Crippen molar-refractivity contribution in [3.05, 3.63) is 66.7 Å². The second-order valence-electron chi connectivity index (χ2n) is 7.90. The lowest BCUT2D eigenvalue weighted by atomic mass is 10.1. The maximum absolute atomic E-state index is 12.5. The Bertz CT molecular complexity index is 995. The standard InChI is InChI=1S/C25H28N2O3/c1-18(29-24-10-7-19-5-3-4-6-20(19)17-24)25(28)26-21-8-11-22(12-9-21)30-23-13-15-27(2)16-14-23/h3-12,17-18,23H,13-16H2,1-2H3,(H,26,28). The van der Waals surface area contributed by atoms with Gasteiger partial charge in [0.1, 0.15) is 17.6 Å². The number of hydrogen-bond donors (Lipinski definition) is 1. The van der Waals surface area contributed by atoms with E-state index in [2.05, 4.69) is 23.3 Å². The molecule has 4 rings (SSSR count). The van der Waals surface area contributed by atoms with Crippen molar-refractivity contribution in [1.82, 2.24) is 4.90 Å². The molecule has 5 heteroatoms. The van der Waals surface area contributed by atoms with Crippen LogP contribution in [0.5, 0.6) is 11.5 Å². The number of carbonyl (C=O) groups is 1. The monoisotopic (exact) mass is 404 g/mol. The molecule has 1 fully saturated rings. The van der Waals surface area contributed by atoms with E-state index in [9.17, 15) is 4.79 Å². The Morgan fingerprint density at radius 1 is 0.967 bits per heavy atom. The fourth-order valence-electron chi connectivity index (χ4n) is 3.65. The molecule has 1 aliphatic rings. The van der Waals surface area contributed by atoms with Gasteiger partial charge >= 0.3 is 0 Å². The number of benzene rings is 3. The Balaban J connectivity index is 1.31. The van der Waals surface area contributed by atoms with Crippen LogP contribution in [0.25, 0.3) is 10.8 Å². The van der Waals surface area contributed by atoms with Crippen LogP contribution in [0.15, 0.2) is 66.7 Å². The van der Waals surface area contributed by atoms with Crippen LogP contribution < -0.4 is 14.8 Å². The molecule has 5 nitrogen and oxygen atoms in total. The molecule has 0 aliphatic carbocycles. The zero-order valence-corrected chi connectivity index (χ0v) is 17.5. The highest BCUT2D eigenvalue weighted by Crippen LogP contribution is 2.23. The summed E-state index contributed by atoms with van der Waals surface area (Å²) in [6, 6.07) is 21.5. The molecule has 3 aromatic carbocycles. The molecule has 156 valence electrons. The lowest BCUT2D eigenvalue weighted by molar-refractivity contribution is -0.122.